The molecule has 1 aliphatic heterocycles. The second-order valence-electron chi connectivity index (χ2n) is 5.86. The van der Waals surface area contributed by atoms with Gasteiger partial charge in [-0.25, -0.2) is 9.78 Å². The summed E-state index contributed by atoms with van der Waals surface area (Å²) < 4.78 is 11.5. The molecule has 1 aromatic carbocycles. The van der Waals surface area contributed by atoms with Gasteiger partial charge in [0.1, 0.15) is 24.9 Å². The summed E-state index contributed by atoms with van der Waals surface area (Å²) >= 11 is 0. The molecule has 142 valence electrons. The number of nitrogens with two attached hydrogens (primary N) is 1. The van der Waals surface area contributed by atoms with E-state index < -0.39 is 47.7 Å². The lowest BCUT2D eigenvalue weighted by atomic mass is 10.1. The average molecular weight is 375 g/mol. The van der Waals surface area contributed by atoms with Crippen LogP contribution in [0.1, 0.15) is 27.1 Å². The van der Waals surface area contributed by atoms with Crippen molar-refractivity contribution in [2.75, 3.05) is 6.61 Å². The van der Waals surface area contributed by atoms with Crippen molar-refractivity contribution in [2.24, 2.45) is 5.73 Å². The Labute approximate surface area is 152 Å². The van der Waals surface area contributed by atoms with Crippen LogP contribution >= 0.6 is 0 Å². The molecule has 10 nitrogen and oxygen atoms in total. The van der Waals surface area contributed by atoms with E-state index in [1.54, 1.807) is 30.3 Å². The Kier molecular flexibility index (Phi) is 5.31. The molecule has 3 rings (SSSR count). The molecule has 0 saturated carbocycles. The highest BCUT2D eigenvalue weighted by atomic mass is 16.6. The number of rotatable bonds is 5. The topological polar surface area (TPSA) is 154 Å². The third-order valence-corrected chi connectivity index (χ3v) is 4.10. The van der Waals surface area contributed by atoms with E-state index in [1.807, 2.05) is 0 Å². The molecule has 1 saturated heterocycles. The molecule has 0 bridgehead atoms. The summed E-state index contributed by atoms with van der Waals surface area (Å²) in [5, 5.41) is 20.4. The zero-order chi connectivity index (χ0) is 19.6. The SMILES string of the molecule is NC(=O)c1nccn(C2OC(COC(=O)c3ccccc3)C(O)C2O)c1=O. The van der Waals surface area contributed by atoms with E-state index in [0.29, 0.717) is 5.56 Å². The lowest BCUT2D eigenvalue weighted by Crippen LogP contribution is -2.38. The molecule has 10 heteroatoms. The van der Waals surface area contributed by atoms with Crippen LogP contribution in [0.4, 0.5) is 0 Å². The molecule has 1 fully saturated rings. The second-order valence-corrected chi connectivity index (χ2v) is 5.86. The van der Waals surface area contributed by atoms with Crippen LogP contribution < -0.4 is 11.3 Å². The monoisotopic (exact) mass is 375 g/mol. The number of esters is 1. The number of carbonyl (C=O) groups excluding carboxylic acids is 2. The van der Waals surface area contributed by atoms with E-state index in [2.05, 4.69) is 4.98 Å². The maximum absolute atomic E-state index is 12.2. The van der Waals surface area contributed by atoms with Crippen molar-refractivity contribution in [3.05, 3.63) is 64.3 Å². The molecule has 2 heterocycles. The standard InChI is InChI=1S/C17H17N3O7/c18-14(23)11-15(24)20(7-6-19-11)16-13(22)12(21)10(27-16)8-26-17(25)9-4-2-1-3-5-9/h1-7,10,12-13,16,21-22H,8H2,(H2,18,23). The maximum atomic E-state index is 12.2. The summed E-state index contributed by atoms with van der Waals surface area (Å²) in [6.07, 6.45) is -2.95. The summed E-state index contributed by atoms with van der Waals surface area (Å²) in [7, 11) is 0. The number of aliphatic hydroxyl groups is 2. The number of benzene rings is 1. The smallest absolute Gasteiger partial charge is 0.338 e. The first-order valence-electron chi connectivity index (χ1n) is 8.01. The molecule has 0 radical (unpaired) electrons. The van der Waals surface area contributed by atoms with Gasteiger partial charge in [-0.3, -0.25) is 14.2 Å². The number of ether oxygens (including phenoxy) is 2. The molecular formula is C17H17N3O7. The number of hydrogen-bond acceptors (Lipinski definition) is 8. The van der Waals surface area contributed by atoms with Gasteiger partial charge >= 0.3 is 5.97 Å². The van der Waals surface area contributed by atoms with Crippen LogP contribution in [0.15, 0.2) is 47.5 Å². The second kappa shape index (κ2) is 7.66. The van der Waals surface area contributed by atoms with Crippen molar-refractivity contribution in [1.29, 1.82) is 0 Å². The molecule has 1 aromatic heterocycles. The minimum atomic E-state index is -1.49. The van der Waals surface area contributed by atoms with Crippen molar-refractivity contribution < 1.29 is 29.3 Å². The number of hydrogen-bond donors (Lipinski definition) is 3. The zero-order valence-electron chi connectivity index (χ0n) is 14.0. The predicted octanol–water partition coefficient (Wildman–Crippen LogP) is -1.18. The van der Waals surface area contributed by atoms with Gasteiger partial charge in [0, 0.05) is 12.4 Å². The third-order valence-electron chi connectivity index (χ3n) is 4.10. The summed E-state index contributed by atoms with van der Waals surface area (Å²) in [4.78, 5) is 39.1. The van der Waals surface area contributed by atoms with Crippen molar-refractivity contribution in [3.8, 4) is 0 Å². The fourth-order valence-electron chi connectivity index (χ4n) is 2.71. The molecule has 1 amide bonds. The number of aromatic nitrogens is 2. The Morgan fingerprint density at radius 3 is 2.59 bits per heavy atom. The molecule has 4 unspecified atom stereocenters. The van der Waals surface area contributed by atoms with Crippen molar-refractivity contribution in [3.63, 3.8) is 0 Å². The van der Waals surface area contributed by atoms with Gasteiger partial charge in [0.2, 0.25) is 0 Å². The van der Waals surface area contributed by atoms with Crippen LogP contribution in [-0.4, -0.2) is 56.6 Å². The summed E-state index contributed by atoms with van der Waals surface area (Å²) in [6.45, 7) is -0.342. The Balaban J connectivity index is 1.73. The Morgan fingerprint density at radius 2 is 1.93 bits per heavy atom. The van der Waals surface area contributed by atoms with Crippen LogP contribution in [0.5, 0.6) is 0 Å². The average Bonchev–Trinajstić information content (AvgIpc) is 2.95. The number of aliphatic hydroxyl groups excluding tert-OH is 2. The lowest BCUT2D eigenvalue weighted by molar-refractivity contribution is -0.0595. The van der Waals surface area contributed by atoms with Gasteiger partial charge < -0.3 is 25.4 Å². The summed E-state index contributed by atoms with van der Waals surface area (Å²) in [5.41, 5.74) is 4.00. The third kappa shape index (κ3) is 3.72. The maximum Gasteiger partial charge on any atom is 0.338 e. The fourth-order valence-corrected chi connectivity index (χ4v) is 2.71. The van der Waals surface area contributed by atoms with E-state index in [9.17, 15) is 24.6 Å². The van der Waals surface area contributed by atoms with Gasteiger partial charge in [0.25, 0.3) is 11.5 Å². The molecule has 27 heavy (non-hydrogen) atoms. The van der Waals surface area contributed by atoms with E-state index >= 15 is 0 Å². The molecule has 4 N–H and O–H groups in total. The van der Waals surface area contributed by atoms with Crippen molar-refractivity contribution in [2.45, 2.75) is 24.5 Å². The van der Waals surface area contributed by atoms with Gasteiger partial charge in [-0.05, 0) is 12.1 Å². The molecule has 0 spiro atoms. The molecule has 2 aromatic rings. The van der Waals surface area contributed by atoms with Gasteiger partial charge in [-0.1, -0.05) is 18.2 Å². The lowest BCUT2D eigenvalue weighted by Gasteiger charge is -2.17. The minimum absolute atomic E-state index is 0.318. The highest BCUT2D eigenvalue weighted by Gasteiger charge is 2.44. The highest BCUT2D eigenvalue weighted by molar-refractivity contribution is 5.90. The van der Waals surface area contributed by atoms with Crippen molar-refractivity contribution in [1.82, 2.24) is 9.55 Å². The zero-order valence-corrected chi connectivity index (χ0v) is 14.0. The molecular weight excluding hydrogens is 358 g/mol. The molecule has 4 atom stereocenters. The minimum Gasteiger partial charge on any atom is -0.459 e. The summed E-state index contributed by atoms with van der Waals surface area (Å²) in [5.74, 6) is -1.66. The normalized spacial score (nSPS) is 24.5. The Bertz CT molecular complexity index is 899. The first-order chi connectivity index (χ1) is 12.9. The fraction of sp³-hybridized carbons (Fsp3) is 0.294. The van der Waals surface area contributed by atoms with Crippen LogP contribution in [0, 0.1) is 0 Å². The predicted molar refractivity (Wildman–Crippen MR) is 89.7 cm³/mol. The van der Waals surface area contributed by atoms with Gasteiger partial charge in [0.05, 0.1) is 5.56 Å². The van der Waals surface area contributed by atoms with E-state index in [0.717, 1.165) is 10.8 Å². The number of amides is 1. The first kappa shape index (κ1) is 18.7. The number of nitrogens with zero attached hydrogens (tertiary/aromatic N) is 2. The summed E-state index contributed by atoms with van der Waals surface area (Å²) in [6, 6.07) is 8.21. The van der Waals surface area contributed by atoms with E-state index in [-0.39, 0.29) is 6.61 Å². The first-order valence-corrected chi connectivity index (χ1v) is 8.01. The van der Waals surface area contributed by atoms with Crippen LogP contribution in [-0.2, 0) is 9.47 Å². The quantitative estimate of drug-likeness (QED) is 0.552. The van der Waals surface area contributed by atoms with Gasteiger partial charge in [-0.2, -0.15) is 0 Å². The van der Waals surface area contributed by atoms with E-state index in [4.69, 9.17) is 15.2 Å². The molecule has 0 aliphatic carbocycles. The van der Waals surface area contributed by atoms with Crippen molar-refractivity contribution >= 4 is 11.9 Å². The van der Waals surface area contributed by atoms with Crippen LogP contribution in [0.3, 0.4) is 0 Å². The Hall–Kier alpha value is -3.08. The van der Waals surface area contributed by atoms with E-state index in [1.165, 1.54) is 6.20 Å². The number of primary amides is 1. The Morgan fingerprint density at radius 1 is 1.22 bits per heavy atom. The van der Waals surface area contributed by atoms with Gasteiger partial charge in [-0.15, -0.1) is 0 Å². The highest BCUT2D eigenvalue weighted by Crippen LogP contribution is 2.28. The van der Waals surface area contributed by atoms with Gasteiger partial charge in [0.15, 0.2) is 11.9 Å². The van der Waals surface area contributed by atoms with Crippen LogP contribution in [0.25, 0.3) is 0 Å². The largest absolute Gasteiger partial charge is 0.459 e. The van der Waals surface area contributed by atoms with Crippen LogP contribution in [0.2, 0.25) is 0 Å². The number of carbonyl (C=O) groups is 2. The molecule has 1 aliphatic rings.